The fourth-order valence-electron chi connectivity index (χ4n) is 5.03. The van der Waals surface area contributed by atoms with Crippen molar-refractivity contribution < 1.29 is 43.3 Å². The molecule has 1 aromatic rings. The van der Waals surface area contributed by atoms with Crippen LogP contribution in [0.25, 0.3) is 0 Å². The number of carboxylic acids is 1. The van der Waals surface area contributed by atoms with Gasteiger partial charge in [-0.05, 0) is 30.2 Å². The summed E-state index contributed by atoms with van der Waals surface area (Å²) >= 11 is 0. The van der Waals surface area contributed by atoms with Gasteiger partial charge in [-0.15, -0.1) is 0 Å². The minimum Gasteiger partial charge on any atom is -0.481 e. The Kier molecular flexibility index (Phi) is 12.6. The first-order valence-electron chi connectivity index (χ1n) is 13.6. The molecule has 0 heterocycles. The number of carbonyl (C=O) groups excluding carboxylic acids is 4. The van der Waals surface area contributed by atoms with Crippen molar-refractivity contribution >= 4 is 29.8 Å². The van der Waals surface area contributed by atoms with Crippen LogP contribution in [0.1, 0.15) is 24.8 Å². The Labute approximate surface area is 238 Å². The van der Waals surface area contributed by atoms with Crippen LogP contribution in [-0.4, -0.2) is 80.4 Å². The molecule has 2 aliphatic carbocycles. The maximum Gasteiger partial charge on any atom is 0.408 e. The lowest BCUT2D eigenvalue weighted by Gasteiger charge is -2.23. The average Bonchev–Trinajstić information content (AvgIpc) is 3.57. The molecule has 3 rings (SSSR count). The van der Waals surface area contributed by atoms with E-state index in [1.807, 2.05) is 30.4 Å². The molecule has 0 radical (unpaired) electrons. The van der Waals surface area contributed by atoms with E-state index in [0.29, 0.717) is 6.42 Å². The van der Waals surface area contributed by atoms with Gasteiger partial charge in [0.15, 0.2) is 0 Å². The third-order valence-corrected chi connectivity index (χ3v) is 7.01. The predicted molar refractivity (Wildman–Crippen MR) is 145 cm³/mol. The number of aliphatic carboxylic acids is 1. The first-order valence-corrected chi connectivity index (χ1v) is 13.6. The molecule has 1 aromatic carbocycles. The van der Waals surface area contributed by atoms with Crippen molar-refractivity contribution in [2.24, 2.45) is 29.4 Å². The largest absolute Gasteiger partial charge is 0.481 e. The fourth-order valence-corrected chi connectivity index (χ4v) is 5.03. The summed E-state index contributed by atoms with van der Waals surface area (Å²) in [6, 6.07) is 8.04. The van der Waals surface area contributed by atoms with Crippen LogP contribution in [0, 0.1) is 23.7 Å². The second kappa shape index (κ2) is 16.3. The number of ether oxygens (including phenoxy) is 3. The number of rotatable bonds is 18. The Hall–Kier alpha value is -3.97. The van der Waals surface area contributed by atoms with Gasteiger partial charge >= 0.3 is 12.1 Å². The second-order valence-corrected chi connectivity index (χ2v) is 9.91. The maximum atomic E-state index is 12.5. The summed E-state index contributed by atoms with van der Waals surface area (Å²) in [5.41, 5.74) is 5.97. The molecule has 224 valence electrons. The number of amides is 4. The number of nitrogens with one attached hydrogen (secondary N) is 3. The SMILES string of the molecule is NC(=O)CCC(NC(=O)OCc1ccccc1)C(=O)NCCOCCOCCNC(=O)C1C2C=CC(C2)C1C(=O)O. The predicted octanol–water partition coefficient (Wildman–Crippen LogP) is 0.335. The molecule has 2 aliphatic rings. The lowest BCUT2D eigenvalue weighted by Crippen LogP contribution is -2.48. The quantitative estimate of drug-likeness (QED) is 0.121. The number of nitrogens with two attached hydrogens (primary N) is 1. The van der Waals surface area contributed by atoms with Crippen LogP contribution in [0.2, 0.25) is 0 Å². The van der Waals surface area contributed by atoms with Gasteiger partial charge in [-0.2, -0.15) is 0 Å². The minimum atomic E-state index is -1.01. The van der Waals surface area contributed by atoms with Gasteiger partial charge in [0.1, 0.15) is 12.6 Å². The standard InChI is InChI=1S/C28H38N4O9/c29-22(33)9-8-21(32-28(38)41-17-18-4-2-1-3-5-18)25(34)30-10-12-39-14-15-40-13-11-31-26(35)23-19-6-7-20(16-19)24(23)27(36)37/h1-7,19-21,23-24H,8-17H2,(H2,29,33)(H,30,34)(H,31,35)(H,32,38)(H,36,37). The molecule has 4 amide bonds. The van der Waals surface area contributed by atoms with Crippen LogP contribution in [-0.2, 0) is 40.0 Å². The van der Waals surface area contributed by atoms with E-state index in [9.17, 15) is 29.1 Å². The second-order valence-electron chi connectivity index (χ2n) is 9.91. The third-order valence-electron chi connectivity index (χ3n) is 7.01. The van der Waals surface area contributed by atoms with E-state index in [0.717, 1.165) is 5.56 Å². The fraction of sp³-hybridized carbons (Fsp3) is 0.536. The monoisotopic (exact) mass is 574 g/mol. The highest BCUT2D eigenvalue weighted by Gasteiger charge is 2.51. The molecule has 0 aliphatic heterocycles. The summed E-state index contributed by atoms with van der Waals surface area (Å²) in [5.74, 6) is -3.65. The van der Waals surface area contributed by atoms with Crippen LogP contribution in [0.15, 0.2) is 42.5 Å². The molecule has 0 saturated heterocycles. The topological polar surface area (TPSA) is 195 Å². The van der Waals surface area contributed by atoms with E-state index >= 15 is 0 Å². The number of hydrogen-bond acceptors (Lipinski definition) is 8. The molecule has 5 atom stereocenters. The van der Waals surface area contributed by atoms with E-state index in [-0.39, 0.29) is 76.7 Å². The molecule has 2 bridgehead atoms. The summed E-state index contributed by atoms with van der Waals surface area (Å²) in [6.07, 6.45) is 3.66. The lowest BCUT2D eigenvalue weighted by molar-refractivity contribution is -0.147. The lowest BCUT2D eigenvalue weighted by atomic mass is 9.82. The van der Waals surface area contributed by atoms with Crippen molar-refractivity contribution in [1.82, 2.24) is 16.0 Å². The number of alkyl carbamates (subject to hydrolysis) is 1. The molecule has 1 saturated carbocycles. The molecule has 13 heteroatoms. The van der Waals surface area contributed by atoms with Crippen LogP contribution in [0.5, 0.6) is 0 Å². The van der Waals surface area contributed by atoms with E-state index in [1.165, 1.54) is 0 Å². The number of carboxylic acid groups (broad SMARTS) is 1. The van der Waals surface area contributed by atoms with Crippen LogP contribution < -0.4 is 21.7 Å². The van der Waals surface area contributed by atoms with Gasteiger partial charge < -0.3 is 41.0 Å². The summed E-state index contributed by atoms with van der Waals surface area (Å²) in [5, 5.41) is 17.3. The zero-order valence-corrected chi connectivity index (χ0v) is 22.8. The van der Waals surface area contributed by atoms with E-state index in [2.05, 4.69) is 16.0 Å². The Morgan fingerprint density at radius 1 is 0.902 bits per heavy atom. The molecule has 0 aromatic heterocycles. The molecular weight excluding hydrogens is 536 g/mol. The number of allylic oxidation sites excluding steroid dienone is 2. The van der Waals surface area contributed by atoms with Gasteiger partial charge in [0.05, 0.1) is 38.3 Å². The first-order chi connectivity index (χ1) is 19.8. The van der Waals surface area contributed by atoms with Crippen LogP contribution >= 0.6 is 0 Å². The van der Waals surface area contributed by atoms with Crippen molar-refractivity contribution in [2.75, 3.05) is 39.5 Å². The normalized spacial score (nSPS) is 21.2. The highest BCUT2D eigenvalue weighted by atomic mass is 16.5. The smallest absolute Gasteiger partial charge is 0.408 e. The van der Waals surface area contributed by atoms with E-state index in [4.69, 9.17) is 19.9 Å². The zero-order chi connectivity index (χ0) is 29.6. The Balaban J connectivity index is 1.24. The van der Waals surface area contributed by atoms with Gasteiger partial charge in [-0.3, -0.25) is 19.2 Å². The number of fused-ring (bicyclic) bond motifs is 2. The summed E-state index contributed by atoms with van der Waals surface area (Å²) < 4.78 is 16.0. The van der Waals surface area contributed by atoms with E-state index < -0.39 is 41.8 Å². The first kappa shape index (κ1) is 31.6. The zero-order valence-electron chi connectivity index (χ0n) is 22.8. The van der Waals surface area contributed by atoms with E-state index in [1.54, 1.807) is 12.1 Å². The number of carbonyl (C=O) groups is 5. The number of hydrogen-bond donors (Lipinski definition) is 5. The molecule has 6 N–H and O–H groups in total. The molecule has 13 nitrogen and oxygen atoms in total. The van der Waals surface area contributed by atoms with Gasteiger partial charge in [0.2, 0.25) is 17.7 Å². The molecule has 0 spiro atoms. The molecular formula is C28H38N4O9. The summed E-state index contributed by atoms with van der Waals surface area (Å²) in [6.45, 7) is 1.38. The van der Waals surface area contributed by atoms with Crippen molar-refractivity contribution in [3.8, 4) is 0 Å². The Bertz CT molecular complexity index is 1080. The van der Waals surface area contributed by atoms with Crippen LogP contribution in [0.4, 0.5) is 4.79 Å². The van der Waals surface area contributed by atoms with Crippen molar-refractivity contribution in [3.05, 3.63) is 48.0 Å². The Morgan fingerprint density at radius 2 is 1.54 bits per heavy atom. The maximum absolute atomic E-state index is 12.5. The van der Waals surface area contributed by atoms with Gasteiger partial charge in [0.25, 0.3) is 0 Å². The summed E-state index contributed by atoms with van der Waals surface area (Å²) in [7, 11) is 0. The highest BCUT2D eigenvalue weighted by Crippen LogP contribution is 2.48. The van der Waals surface area contributed by atoms with Crippen molar-refractivity contribution in [3.63, 3.8) is 0 Å². The highest BCUT2D eigenvalue weighted by molar-refractivity contribution is 5.87. The van der Waals surface area contributed by atoms with Gasteiger partial charge in [-0.25, -0.2) is 4.79 Å². The number of primary amides is 1. The third kappa shape index (κ3) is 10.2. The van der Waals surface area contributed by atoms with Crippen molar-refractivity contribution in [2.45, 2.75) is 31.9 Å². The van der Waals surface area contributed by atoms with Crippen molar-refractivity contribution in [1.29, 1.82) is 0 Å². The molecule has 41 heavy (non-hydrogen) atoms. The molecule has 5 unspecified atom stereocenters. The average molecular weight is 575 g/mol. The van der Waals surface area contributed by atoms with Gasteiger partial charge in [0, 0.05) is 19.5 Å². The van der Waals surface area contributed by atoms with Gasteiger partial charge in [-0.1, -0.05) is 42.5 Å². The van der Waals surface area contributed by atoms with Crippen LogP contribution in [0.3, 0.4) is 0 Å². The number of benzene rings is 1. The summed E-state index contributed by atoms with van der Waals surface area (Å²) in [4.78, 5) is 59.9. The minimum absolute atomic E-state index is 0.0164. The molecule has 1 fully saturated rings. The Morgan fingerprint density at radius 3 is 2.17 bits per heavy atom.